The number of nitrogens with zero attached hydrogens (tertiary/aromatic N) is 5. The molecule has 0 atom stereocenters. The molecule has 1 aliphatic heterocycles. The number of guanidine groups is 1. The summed E-state index contributed by atoms with van der Waals surface area (Å²) in [6, 6.07) is 1.84. The molecule has 1 aromatic rings. The number of anilines is 1. The van der Waals surface area contributed by atoms with Crippen LogP contribution in [0.25, 0.3) is 0 Å². The van der Waals surface area contributed by atoms with Gasteiger partial charge in [0, 0.05) is 45.1 Å². The van der Waals surface area contributed by atoms with Gasteiger partial charge in [0.2, 0.25) is 5.95 Å². The van der Waals surface area contributed by atoms with Crippen molar-refractivity contribution in [2.24, 2.45) is 4.99 Å². The fourth-order valence-corrected chi connectivity index (χ4v) is 3.59. The maximum Gasteiger partial charge on any atom is 0.225 e. The Hall–Kier alpha value is -1.16. The van der Waals surface area contributed by atoms with Crippen molar-refractivity contribution < 1.29 is 5.11 Å². The third-order valence-electron chi connectivity index (χ3n) is 5.06. The number of hydrogen-bond donors (Lipinski definition) is 2. The molecule has 0 amide bonds. The zero-order valence-electron chi connectivity index (χ0n) is 15.6. The van der Waals surface area contributed by atoms with Crippen LogP contribution in [0.4, 0.5) is 5.95 Å². The molecule has 0 aromatic carbocycles. The average Bonchev–Trinajstić information content (AvgIpc) is 2.67. The van der Waals surface area contributed by atoms with Gasteiger partial charge >= 0.3 is 0 Å². The zero-order valence-corrected chi connectivity index (χ0v) is 17.9. The topological polar surface area (TPSA) is 76.9 Å². The number of nitrogens with one attached hydrogen (secondary N) is 1. The molecule has 3 rings (SSSR count). The molecule has 8 heteroatoms. The molecule has 0 unspecified atom stereocenters. The minimum atomic E-state index is -0.612. The summed E-state index contributed by atoms with van der Waals surface area (Å²) in [4.78, 5) is 17.9. The van der Waals surface area contributed by atoms with E-state index < -0.39 is 5.60 Å². The molecule has 0 spiro atoms. The van der Waals surface area contributed by atoms with Crippen molar-refractivity contribution in [1.29, 1.82) is 0 Å². The highest BCUT2D eigenvalue weighted by atomic mass is 127. The van der Waals surface area contributed by atoms with E-state index >= 15 is 0 Å². The maximum absolute atomic E-state index is 10.7. The number of aliphatic imine (C=N–C) groups is 1. The van der Waals surface area contributed by atoms with Gasteiger partial charge in [-0.1, -0.05) is 19.3 Å². The Balaban J connectivity index is 0.00000243. The first kappa shape index (κ1) is 21.1. The van der Waals surface area contributed by atoms with Crippen molar-refractivity contribution in [1.82, 2.24) is 20.2 Å². The van der Waals surface area contributed by atoms with Crippen LogP contribution in [0.3, 0.4) is 0 Å². The van der Waals surface area contributed by atoms with E-state index in [0.717, 1.165) is 70.3 Å². The molecule has 2 fully saturated rings. The van der Waals surface area contributed by atoms with Crippen LogP contribution in [0.15, 0.2) is 23.5 Å². The molecule has 1 saturated heterocycles. The first-order valence-corrected chi connectivity index (χ1v) is 9.48. The number of hydrogen-bond acceptors (Lipinski definition) is 5. The van der Waals surface area contributed by atoms with Gasteiger partial charge in [0.25, 0.3) is 0 Å². The Morgan fingerprint density at radius 2 is 1.81 bits per heavy atom. The Morgan fingerprint density at radius 3 is 2.42 bits per heavy atom. The van der Waals surface area contributed by atoms with Crippen LogP contribution in [0.2, 0.25) is 0 Å². The third kappa shape index (κ3) is 5.67. The number of piperazine rings is 1. The second-order valence-corrected chi connectivity index (χ2v) is 6.98. The maximum atomic E-state index is 10.7. The van der Waals surface area contributed by atoms with E-state index in [0.29, 0.717) is 6.54 Å². The van der Waals surface area contributed by atoms with E-state index in [9.17, 15) is 5.11 Å². The standard InChI is InChI=1S/C18H30N6O.HI/c1-2-19-16(22-15-18(25)7-4-3-5-8-18)23-11-13-24(14-12-23)17-20-9-6-10-21-17;/h6,9-10,25H,2-5,7-8,11-15H2,1H3,(H,19,22);1H. The summed E-state index contributed by atoms with van der Waals surface area (Å²) in [6.45, 7) is 6.91. The van der Waals surface area contributed by atoms with Gasteiger partial charge in [-0.3, -0.25) is 4.99 Å². The molecule has 0 radical (unpaired) electrons. The Morgan fingerprint density at radius 1 is 1.15 bits per heavy atom. The van der Waals surface area contributed by atoms with E-state index in [-0.39, 0.29) is 24.0 Å². The molecule has 1 saturated carbocycles. The normalized spacial score (nSPS) is 20.5. The number of aliphatic hydroxyl groups is 1. The lowest BCUT2D eigenvalue weighted by Gasteiger charge is -2.37. The van der Waals surface area contributed by atoms with Gasteiger partial charge in [0.15, 0.2) is 5.96 Å². The van der Waals surface area contributed by atoms with Crippen LogP contribution in [0.1, 0.15) is 39.0 Å². The van der Waals surface area contributed by atoms with E-state index in [2.05, 4.69) is 32.0 Å². The van der Waals surface area contributed by atoms with Gasteiger partial charge in [0.1, 0.15) is 0 Å². The van der Waals surface area contributed by atoms with Gasteiger partial charge < -0.3 is 20.2 Å². The van der Waals surface area contributed by atoms with E-state index in [4.69, 9.17) is 4.99 Å². The molecule has 2 aliphatic rings. The monoisotopic (exact) mass is 474 g/mol. The molecular formula is C18H31IN6O. The van der Waals surface area contributed by atoms with Crippen LogP contribution in [0, 0.1) is 0 Å². The van der Waals surface area contributed by atoms with Gasteiger partial charge in [0.05, 0.1) is 12.1 Å². The fraction of sp³-hybridized carbons (Fsp3) is 0.722. The van der Waals surface area contributed by atoms with Crippen molar-refractivity contribution in [2.75, 3.05) is 44.2 Å². The first-order valence-electron chi connectivity index (χ1n) is 9.48. The molecule has 1 aromatic heterocycles. The highest BCUT2D eigenvalue weighted by molar-refractivity contribution is 14.0. The fourth-order valence-electron chi connectivity index (χ4n) is 3.59. The lowest BCUT2D eigenvalue weighted by molar-refractivity contribution is 0.0129. The molecule has 7 nitrogen and oxygen atoms in total. The number of halogens is 1. The minimum absolute atomic E-state index is 0. The first-order chi connectivity index (χ1) is 12.2. The largest absolute Gasteiger partial charge is 0.388 e. The van der Waals surface area contributed by atoms with E-state index in [1.54, 1.807) is 12.4 Å². The molecule has 2 heterocycles. The Bertz CT molecular complexity index is 556. The number of aromatic nitrogens is 2. The third-order valence-corrected chi connectivity index (χ3v) is 5.06. The Labute approximate surface area is 173 Å². The predicted molar refractivity (Wildman–Crippen MR) is 115 cm³/mol. The van der Waals surface area contributed by atoms with Crippen molar-refractivity contribution in [3.8, 4) is 0 Å². The van der Waals surface area contributed by atoms with Gasteiger partial charge in [-0.25, -0.2) is 9.97 Å². The molecule has 2 N–H and O–H groups in total. The van der Waals surface area contributed by atoms with E-state index in [1.807, 2.05) is 6.07 Å². The quantitative estimate of drug-likeness (QED) is 0.395. The van der Waals surface area contributed by atoms with Crippen molar-refractivity contribution >= 4 is 35.9 Å². The van der Waals surface area contributed by atoms with Crippen LogP contribution in [-0.2, 0) is 0 Å². The van der Waals surface area contributed by atoms with Crippen molar-refractivity contribution in [3.63, 3.8) is 0 Å². The SMILES string of the molecule is CCNC(=NCC1(O)CCCCC1)N1CCN(c2ncccn2)CC1.I. The van der Waals surface area contributed by atoms with Crippen LogP contribution in [-0.4, -0.2) is 70.8 Å². The summed E-state index contributed by atoms with van der Waals surface area (Å²) in [7, 11) is 0. The minimum Gasteiger partial charge on any atom is -0.388 e. The Kier molecular flexibility index (Phi) is 8.33. The zero-order chi connectivity index (χ0) is 17.5. The highest BCUT2D eigenvalue weighted by Crippen LogP contribution is 2.28. The lowest BCUT2D eigenvalue weighted by Crippen LogP contribution is -2.53. The van der Waals surface area contributed by atoms with Crippen LogP contribution in [0.5, 0.6) is 0 Å². The van der Waals surface area contributed by atoms with Gasteiger partial charge in [-0.15, -0.1) is 24.0 Å². The molecule has 0 bridgehead atoms. The van der Waals surface area contributed by atoms with E-state index in [1.165, 1.54) is 6.42 Å². The van der Waals surface area contributed by atoms with Gasteiger partial charge in [-0.2, -0.15) is 0 Å². The van der Waals surface area contributed by atoms with Gasteiger partial charge in [-0.05, 0) is 25.8 Å². The van der Waals surface area contributed by atoms with Crippen LogP contribution >= 0.6 is 24.0 Å². The summed E-state index contributed by atoms with van der Waals surface area (Å²) in [5, 5.41) is 14.1. The lowest BCUT2D eigenvalue weighted by atomic mass is 9.85. The van der Waals surface area contributed by atoms with Crippen molar-refractivity contribution in [2.45, 2.75) is 44.6 Å². The molecular weight excluding hydrogens is 443 g/mol. The molecule has 1 aliphatic carbocycles. The highest BCUT2D eigenvalue weighted by Gasteiger charge is 2.29. The summed E-state index contributed by atoms with van der Waals surface area (Å²) in [5.74, 6) is 1.70. The summed E-state index contributed by atoms with van der Waals surface area (Å²) in [6.07, 6.45) is 8.76. The predicted octanol–water partition coefficient (Wildman–Crippen LogP) is 1.88. The summed E-state index contributed by atoms with van der Waals surface area (Å²) in [5.41, 5.74) is -0.612. The average molecular weight is 474 g/mol. The second kappa shape index (κ2) is 10.2. The smallest absolute Gasteiger partial charge is 0.225 e. The van der Waals surface area contributed by atoms with Crippen LogP contribution < -0.4 is 10.2 Å². The number of rotatable bonds is 4. The molecule has 26 heavy (non-hydrogen) atoms. The molecule has 146 valence electrons. The summed E-state index contributed by atoms with van der Waals surface area (Å²) >= 11 is 0. The van der Waals surface area contributed by atoms with Crippen molar-refractivity contribution in [3.05, 3.63) is 18.5 Å². The second-order valence-electron chi connectivity index (χ2n) is 6.98. The summed E-state index contributed by atoms with van der Waals surface area (Å²) < 4.78 is 0.